The van der Waals surface area contributed by atoms with Crippen LogP contribution in [-0.2, 0) is 9.84 Å². The highest BCUT2D eigenvalue weighted by Gasteiger charge is 2.35. The smallest absolute Gasteiger partial charge is 0.272 e. The van der Waals surface area contributed by atoms with Crippen LogP contribution in [-0.4, -0.2) is 42.0 Å². The Balaban J connectivity index is 0.00000208. The summed E-state index contributed by atoms with van der Waals surface area (Å²) in [6.07, 6.45) is 6.38. The molecule has 132 valence electrons. The largest absolute Gasteiger partial charge is 0.344 e. The fraction of sp³-hybridized carbons (Fsp3) is 0.467. The predicted molar refractivity (Wildman–Crippen MR) is 93.3 cm³/mol. The minimum atomic E-state index is -3.54. The van der Waals surface area contributed by atoms with Crippen LogP contribution in [0.15, 0.2) is 29.6 Å². The van der Waals surface area contributed by atoms with Crippen LogP contribution in [0.4, 0.5) is 0 Å². The molecule has 0 atom stereocenters. The number of imidazole rings is 1. The molecule has 3 N–H and O–H groups in total. The first-order valence-corrected chi connectivity index (χ1v) is 9.45. The summed E-state index contributed by atoms with van der Waals surface area (Å²) in [4.78, 5) is 16.8. The quantitative estimate of drug-likeness (QED) is 0.837. The van der Waals surface area contributed by atoms with Gasteiger partial charge in [0.25, 0.3) is 5.91 Å². The van der Waals surface area contributed by atoms with Crippen molar-refractivity contribution >= 4 is 33.7 Å². The van der Waals surface area contributed by atoms with Gasteiger partial charge in [0.05, 0.1) is 11.1 Å². The lowest BCUT2D eigenvalue weighted by atomic mass is 9.97. The van der Waals surface area contributed by atoms with Crippen LogP contribution in [0.2, 0.25) is 0 Å². The van der Waals surface area contributed by atoms with Gasteiger partial charge in [-0.05, 0) is 25.0 Å². The molecule has 0 bridgehead atoms. The number of nitrogens with one attached hydrogen (secondary N) is 1. The normalized spacial score (nSPS) is 16.8. The molecule has 0 unspecified atom stereocenters. The predicted octanol–water partition coefficient (Wildman–Crippen LogP) is 1.16. The zero-order chi connectivity index (χ0) is 16.7. The Morgan fingerprint density at radius 1 is 1.38 bits per heavy atom. The van der Waals surface area contributed by atoms with E-state index in [2.05, 4.69) is 10.3 Å². The first-order chi connectivity index (χ1) is 10.9. The Morgan fingerprint density at radius 2 is 2.04 bits per heavy atom. The van der Waals surface area contributed by atoms with Gasteiger partial charge in [-0.3, -0.25) is 9.20 Å². The van der Waals surface area contributed by atoms with E-state index in [1.54, 1.807) is 24.4 Å². The van der Waals surface area contributed by atoms with Gasteiger partial charge in [-0.15, -0.1) is 12.4 Å². The van der Waals surface area contributed by atoms with E-state index in [1.807, 2.05) is 0 Å². The van der Waals surface area contributed by atoms with Gasteiger partial charge in [-0.1, -0.05) is 18.9 Å². The van der Waals surface area contributed by atoms with Crippen molar-refractivity contribution in [2.75, 3.05) is 12.8 Å². The third-order valence-electron chi connectivity index (χ3n) is 4.39. The summed E-state index contributed by atoms with van der Waals surface area (Å²) in [5.41, 5.74) is 6.02. The molecule has 1 amide bonds. The summed E-state index contributed by atoms with van der Waals surface area (Å²) in [6, 6.07) is 5.12. The molecular formula is C15H21ClN4O3S. The van der Waals surface area contributed by atoms with Crippen molar-refractivity contribution in [3.8, 4) is 0 Å². The van der Waals surface area contributed by atoms with Gasteiger partial charge in [0.2, 0.25) is 15.0 Å². The van der Waals surface area contributed by atoms with E-state index in [4.69, 9.17) is 5.73 Å². The van der Waals surface area contributed by atoms with Crippen LogP contribution >= 0.6 is 12.4 Å². The van der Waals surface area contributed by atoms with Crippen LogP contribution in [0.25, 0.3) is 5.52 Å². The molecule has 2 heterocycles. The summed E-state index contributed by atoms with van der Waals surface area (Å²) in [5, 5.41) is 2.85. The maximum absolute atomic E-state index is 12.7. The molecule has 3 rings (SSSR count). The lowest BCUT2D eigenvalue weighted by molar-refractivity contribution is 0.0900. The number of carbonyl (C=O) groups excluding carboxylic acids is 1. The molecule has 1 saturated carbocycles. The van der Waals surface area contributed by atoms with E-state index in [-0.39, 0.29) is 29.2 Å². The number of halogens is 1. The van der Waals surface area contributed by atoms with E-state index in [1.165, 1.54) is 4.40 Å². The first kappa shape index (κ1) is 18.7. The van der Waals surface area contributed by atoms with E-state index >= 15 is 0 Å². The van der Waals surface area contributed by atoms with Gasteiger partial charge in [-0.2, -0.15) is 0 Å². The maximum Gasteiger partial charge on any atom is 0.272 e. The van der Waals surface area contributed by atoms with Crippen molar-refractivity contribution in [1.29, 1.82) is 0 Å². The second kappa shape index (κ2) is 6.70. The van der Waals surface area contributed by atoms with Crippen molar-refractivity contribution in [2.24, 2.45) is 5.73 Å². The highest BCUT2D eigenvalue weighted by molar-refractivity contribution is 7.90. The SMILES string of the molecule is CS(=O)(=O)c1nc(C(=O)NC2(CN)CCCC2)c2ccccn12.Cl. The van der Waals surface area contributed by atoms with Gasteiger partial charge >= 0.3 is 0 Å². The Hall–Kier alpha value is -1.64. The van der Waals surface area contributed by atoms with Crippen LogP contribution in [0.1, 0.15) is 36.2 Å². The summed E-state index contributed by atoms with van der Waals surface area (Å²) in [6.45, 7) is 0.365. The number of amides is 1. The van der Waals surface area contributed by atoms with Crippen LogP contribution in [0.3, 0.4) is 0 Å². The fourth-order valence-electron chi connectivity index (χ4n) is 3.17. The van der Waals surface area contributed by atoms with E-state index < -0.39 is 15.4 Å². The second-order valence-corrected chi connectivity index (χ2v) is 8.03. The monoisotopic (exact) mass is 372 g/mol. The number of pyridine rings is 1. The molecule has 1 aliphatic rings. The Labute approximate surface area is 147 Å². The lowest BCUT2D eigenvalue weighted by Gasteiger charge is -2.28. The molecule has 7 nitrogen and oxygen atoms in total. The zero-order valence-electron chi connectivity index (χ0n) is 13.4. The van der Waals surface area contributed by atoms with E-state index in [9.17, 15) is 13.2 Å². The molecule has 2 aromatic rings. The summed E-state index contributed by atoms with van der Waals surface area (Å²) in [5.74, 6) is -0.379. The third kappa shape index (κ3) is 3.26. The van der Waals surface area contributed by atoms with Gasteiger partial charge < -0.3 is 11.1 Å². The third-order valence-corrected chi connectivity index (χ3v) is 5.34. The average molecular weight is 373 g/mol. The topological polar surface area (TPSA) is 107 Å². The van der Waals surface area contributed by atoms with Gasteiger partial charge in [0.1, 0.15) is 0 Å². The molecule has 9 heteroatoms. The highest BCUT2D eigenvalue weighted by atomic mass is 35.5. The Bertz CT molecular complexity index is 857. The highest BCUT2D eigenvalue weighted by Crippen LogP contribution is 2.29. The number of fused-ring (bicyclic) bond motifs is 1. The Morgan fingerprint density at radius 3 is 2.62 bits per heavy atom. The van der Waals surface area contributed by atoms with Crippen molar-refractivity contribution in [3.05, 3.63) is 30.1 Å². The molecule has 1 aliphatic carbocycles. The van der Waals surface area contributed by atoms with Crippen molar-refractivity contribution in [2.45, 2.75) is 36.4 Å². The average Bonchev–Trinajstić information content (AvgIpc) is 3.11. The lowest BCUT2D eigenvalue weighted by Crippen LogP contribution is -2.51. The standard InChI is InChI=1S/C15H20N4O3S.ClH/c1-23(21,22)14-17-12(11-6-2-5-9-19(11)14)13(20)18-15(10-16)7-3-4-8-15;/h2,5-6,9H,3-4,7-8,10,16H2,1H3,(H,18,20);1H. The van der Waals surface area contributed by atoms with E-state index in [0.717, 1.165) is 31.9 Å². The molecule has 2 aromatic heterocycles. The number of carbonyl (C=O) groups is 1. The number of rotatable bonds is 4. The van der Waals surface area contributed by atoms with Crippen molar-refractivity contribution in [3.63, 3.8) is 0 Å². The maximum atomic E-state index is 12.7. The molecule has 0 aromatic carbocycles. The fourth-order valence-corrected chi connectivity index (χ4v) is 3.94. The molecule has 1 fully saturated rings. The van der Waals surface area contributed by atoms with Crippen molar-refractivity contribution < 1.29 is 13.2 Å². The van der Waals surface area contributed by atoms with Crippen LogP contribution in [0, 0.1) is 0 Å². The van der Waals surface area contributed by atoms with Crippen LogP contribution in [0.5, 0.6) is 0 Å². The second-order valence-electron chi connectivity index (χ2n) is 6.12. The minimum absolute atomic E-state index is 0. The van der Waals surface area contributed by atoms with Crippen molar-refractivity contribution in [1.82, 2.24) is 14.7 Å². The number of hydrogen-bond donors (Lipinski definition) is 2. The minimum Gasteiger partial charge on any atom is -0.344 e. The van der Waals surface area contributed by atoms with Gasteiger partial charge in [-0.25, -0.2) is 13.4 Å². The number of nitrogens with two attached hydrogens (primary N) is 1. The molecule has 0 aliphatic heterocycles. The summed E-state index contributed by atoms with van der Waals surface area (Å²) >= 11 is 0. The molecule has 0 radical (unpaired) electrons. The van der Waals surface area contributed by atoms with Gasteiger partial charge in [0, 0.05) is 19.0 Å². The number of sulfone groups is 1. The number of hydrogen-bond acceptors (Lipinski definition) is 5. The zero-order valence-corrected chi connectivity index (χ0v) is 15.0. The first-order valence-electron chi connectivity index (χ1n) is 7.56. The van der Waals surface area contributed by atoms with E-state index in [0.29, 0.717) is 12.1 Å². The number of nitrogens with zero attached hydrogens (tertiary/aromatic N) is 2. The summed E-state index contributed by atoms with van der Waals surface area (Å²) < 4.78 is 25.2. The molecule has 0 spiro atoms. The summed E-state index contributed by atoms with van der Waals surface area (Å²) in [7, 11) is -3.54. The molecule has 24 heavy (non-hydrogen) atoms. The molecule has 0 saturated heterocycles. The Kier molecular flexibility index (Phi) is 5.22. The van der Waals surface area contributed by atoms with Gasteiger partial charge in [0.15, 0.2) is 5.69 Å². The van der Waals surface area contributed by atoms with Crippen LogP contribution < -0.4 is 11.1 Å². The molecular weight excluding hydrogens is 352 g/mol. The number of aromatic nitrogens is 2.